The first-order valence-electron chi connectivity index (χ1n) is 11.0. The predicted octanol–water partition coefficient (Wildman–Crippen LogP) is 3.70. The maximum Gasteiger partial charge on any atom is 0.254 e. The fourth-order valence-corrected chi connectivity index (χ4v) is 4.71. The average Bonchev–Trinajstić information content (AvgIpc) is 3.40. The summed E-state index contributed by atoms with van der Waals surface area (Å²) in [5.41, 5.74) is 2.65. The number of benzene rings is 1. The van der Waals surface area contributed by atoms with Crippen LogP contribution in [0.1, 0.15) is 34.8 Å². The standard InChI is InChI=1S/C23H23N7O2S/c31-22(29-9-11-32-12-10-29)16-3-5-17(6-4-16)33-21-14-20-24-7-8-30(20)23(26-21)25-19-13-18(27-28-19)15-1-2-15/h3-8,13-15H,1-2,9-12H2,(H2,25,26,27,28). The van der Waals surface area contributed by atoms with Crippen LogP contribution in [-0.4, -0.2) is 61.7 Å². The second-order valence-corrected chi connectivity index (χ2v) is 9.31. The minimum absolute atomic E-state index is 0.0443. The maximum absolute atomic E-state index is 12.7. The molecule has 4 aromatic rings. The number of H-pyrrole nitrogens is 1. The molecule has 3 aromatic heterocycles. The number of carbonyl (C=O) groups is 1. The van der Waals surface area contributed by atoms with Crippen molar-refractivity contribution in [1.82, 2.24) is 29.5 Å². The molecule has 168 valence electrons. The van der Waals surface area contributed by atoms with Crippen LogP contribution in [0.15, 0.2) is 58.7 Å². The number of amides is 1. The van der Waals surface area contributed by atoms with Gasteiger partial charge in [-0.1, -0.05) is 11.8 Å². The van der Waals surface area contributed by atoms with Gasteiger partial charge in [-0.25, -0.2) is 9.97 Å². The van der Waals surface area contributed by atoms with Crippen LogP contribution in [0.5, 0.6) is 0 Å². The van der Waals surface area contributed by atoms with Crippen molar-refractivity contribution >= 4 is 35.1 Å². The summed E-state index contributed by atoms with van der Waals surface area (Å²) in [4.78, 5) is 24.7. The van der Waals surface area contributed by atoms with Gasteiger partial charge in [0.05, 0.1) is 13.2 Å². The molecule has 10 heteroatoms. The molecule has 1 amide bonds. The van der Waals surface area contributed by atoms with Crippen LogP contribution >= 0.6 is 11.8 Å². The Morgan fingerprint density at radius 2 is 1.97 bits per heavy atom. The van der Waals surface area contributed by atoms with Crippen LogP contribution in [0.25, 0.3) is 5.65 Å². The first kappa shape index (κ1) is 20.3. The number of hydrogen-bond acceptors (Lipinski definition) is 7. The molecule has 1 aliphatic carbocycles. The fraction of sp³-hybridized carbons (Fsp3) is 0.304. The lowest BCUT2D eigenvalue weighted by Crippen LogP contribution is -2.40. The molecule has 4 heterocycles. The van der Waals surface area contributed by atoms with Gasteiger partial charge in [-0.15, -0.1) is 0 Å². The largest absolute Gasteiger partial charge is 0.378 e. The van der Waals surface area contributed by atoms with Gasteiger partial charge < -0.3 is 15.0 Å². The predicted molar refractivity (Wildman–Crippen MR) is 124 cm³/mol. The SMILES string of the molecule is O=C(c1ccc(Sc2cc3nccn3c(Nc3cc(C4CC4)[nH]n3)n2)cc1)N1CCOCC1. The molecule has 0 bridgehead atoms. The first-order valence-corrected chi connectivity index (χ1v) is 11.9. The van der Waals surface area contributed by atoms with Crippen LogP contribution in [0.2, 0.25) is 0 Å². The van der Waals surface area contributed by atoms with Crippen LogP contribution < -0.4 is 5.32 Å². The van der Waals surface area contributed by atoms with Gasteiger partial charge in [-0.05, 0) is 37.1 Å². The normalized spacial score (nSPS) is 16.3. The Labute approximate surface area is 194 Å². The number of fused-ring (bicyclic) bond motifs is 1. The second kappa shape index (κ2) is 8.53. The summed E-state index contributed by atoms with van der Waals surface area (Å²) in [6.07, 6.45) is 6.06. The summed E-state index contributed by atoms with van der Waals surface area (Å²) >= 11 is 1.53. The highest BCUT2D eigenvalue weighted by Gasteiger charge is 2.25. The van der Waals surface area contributed by atoms with E-state index in [0.29, 0.717) is 43.7 Å². The van der Waals surface area contributed by atoms with Crippen molar-refractivity contribution in [3.8, 4) is 0 Å². The number of nitrogens with zero attached hydrogens (tertiary/aromatic N) is 5. The Morgan fingerprint density at radius 3 is 2.76 bits per heavy atom. The quantitative estimate of drug-likeness (QED) is 0.422. The number of morpholine rings is 1. The van der Waals surface area contributed by atoms with Gasteiger partial charge in [-0.3, -0.25) is 14.3 Å². The van der Waals surface area contributed by atoms with Crippen molar-refractivity contribution in [2.45, 2.75) is 28.7 Å². The number of anilines is 2. The molecular weight excluding hydrogens is 438 g/mol. The Bertz CT molecular complexity index is 1290. The Hall–Kier alpha value is -3.37. The van der Waals surface area contributed by atoms with E-state index in [-0.39, 0.29) is 5.91 Å². The van der Waals surface area contributed by atoms with E-state index in [0.717, 1.165) is 27.1 Å². The number of rotatable bonds is 6. The lowest BCUT2D eigenvalue weighted by atomic mass is 10.2. The maximum atomic E-state index is 12.7. The molecule has 1 aliphatic heterocycles. The molecule has 1 saturated carbocycles. The summed E-state index contributed by atoms with van der Waals surface area (Å²) in [6, 6.07) is 11.7. The van der Waals surface area contributed by atoms with Gasteiger partial charge in [0.1, 0.15) is 10.7 Å². The molecule has 2 N–H and O–H groups in total. The fourth-order valence-electron chi connectivity index (χ4n) is 3.90. The Balaban J connectivity index is 1.21. The molecule has 6 rings (SSSR count). The molecule has 2 fully saturated rings. The molecule has 0 unspecified atom stereocenters. The van der Waals surface area contributed by atoms with Gasteiger partial charge in [0.15, 0.2) is 5.82 Å². The summed E-state index contributed by atoms with van der Waals surface area (Å²) < 4.78 is 7.24. The third-order valence-corrected chi connectivity index (χ3v) is 6.77. The summed E-state index contributed by atoms with van der Waals surface area (Å²) in [5, 5.41) is 11.6. The molecule has 0 spiro atoms. The molecule has 9 nitrogen and oxygen atoms in total. The van der Waals surface area contributed by atoms with Crippen molar-refractivity contribution in [3.63, 3.8) is 0 Å². The minimum atomic E-state index is 0.0443. The summed E-state index contributed by atoms with van der Waals surface area (Å²) in [6.45, 7) is 2.46. The number of nitrogens with one attached hydrogen (secondary N) is 2. The van der Waals surface area contributed by atoms with Crippen molar-refractivity contribution in [3.05, 3.63) is 60.0 Å². The summed E-state index contributed by atoms with van der Waals surface area (Å²) in [5.74, 6) is 2.05. The highest BCUT2D eigenvalue weighted by atomic mass is 32.2. The number of hydrogen-bond donors (Lipinski definition) is 2. The molecule has 0 radical (unpaired) electrons. The molecular formula is C23H23N7O2S. The average molecular weight is 462 g/mol. The highest BCUT2D eigenvalue weighted by molar-refractivity contribution is 7.99. The van der Waals surface area contributed by atoms with Crippen molar-refractivity contribution < 1.29 is 9.53 Å². The summed E-state index contributed by atoms with van der Waals surface area (Å²) in [7, 11) is 0. The zero-order chi connectivity index (χ0) is 22.2. The van der Waals surface area contributed by atoms with Crippen molar-refractivity contribution in [2.24, 2.45) is 0 Å². The van der Waals surface area contributed by atoms with Crippen LogP contribution in [0, 0.1) is 0 Å². The number of ether oxygens (including phenoxy) is 1. The van der Waals surface area contributed by atoms with E-state index < -0.39 is 0 Å². The van der Waals surface area contributed by atoms with E-state index in [9.17, 15) is 4.79 Å². The minimum Gasteiger partial charge on any atom is -0.378 e. The third kappa shape index (κ3) is 4.31. The Morgan fingerprint density at radius 1 is 1.15 bits per heavy atom. The van der Waals surface area contributed by atoms with Crippen LogP contribution in [-0.2, 0) is 4.74 Å². The second-order valence-electron chi connectivity index (χ2n) is 8.21. The van der Waals surface area contributed by atoms with Gasteiger partial charge >= 0.3 is 0 Å². The monoisotopic (exact) mass is 461 g/mol. The van der Waals surface area contributed by atoms with Gasteiger partial charge in [-0.2, -0.15) is 5.10 Å². The zero-order valence-corrected chi connectivity index (χ0v) is 18.7. The van der Waals surface area contributed by atoms with Crippen molar-refractivity contribution in [1.29, 1.82) is 0 Å². The smallest absolute Gasteiger partial charge is 0.254 e. The van der Waals surface area contributed by atoms with E-state index in [1.165, 1.54) is 24.6 Å². The van der Waals surface area contributed by atoms with E-state index in [4.69, 9.17) is 9.72 Å². The number of imidazole rings is 1. The molecule has 1 saturated heterocycles. The lowest BCUT2D eigenvalue weighted by molar-refractivity contribution is 0.0303. The van der Waals surface area contributed by atoms with Crippen LogP contribution in [0.3, 0.4) is 0 Å². The van der Waals surface area contributed by atoms with Gasteiger partial charge in [0, 0.05) is 59.7 Å². The van der Waals surface area contributed by atoms with Crippen molar-refractivity contribution in [2.75, 3.05) is 31.6 Å². The highest BCUT2D eigenvalue weighted by Crippen LogP contribution is 2.39. The van der Waals surface area contributed by atoms with E-state index in [1.807, 2.05) is 51.9 Å². The zero-order valence-electron chi connectivity index (χ0n) is 17.9. The van der Waals surface area contributed by atoms with Crippen LogP contribution in [0.4, 0.5) is 11.8 Å². The Kier molecular flexibility index (Phi) is 5.23. The van der Waals surface area contributed by atoms with E-state index in [2.05, 4.69) is 20.5 Å². The number of aromatic nitrogens is 5. The molecule has 33 heavy (non-hydrogen) atoms. The molecule has 1 aromatic carbocycles. The van der Waals surface area contributed by atoms with E-state index >= 15 is 0 Å². The number of aromatic amines is 1. The lowest BCUT2D eigenvalue weighted by Gasteiger charge is -2.26. The topological polar surface area (TPSA) is 100 Å². The van der Waals surface area contributed by atoms with Gasteiger partial charge in [0.25, 0.3) is 5.91 Å². The molecule has 0 atom stereocenters. The molecule has 2 aliphatic rings. The number of carbonyl (C=O) groups excluding carboxylic acids is 1. The first-order chi connectivity index (χ1) is 16.2. The van der Waals surface area contributed by atoms with Gasteiger partial charge in [0.2, 0.25) is 5.95 Å². The third-order valence-electron chi connectivity index (χ3n) is 5.84. The van der Waals surface area contributed by atoms with E-state index in [1.54, 1.807) is 6.20 Å².